The first-order valence-corrected chi connectivity index (χ1v) is 7.05. The van der Waals surface area contributed by atoms with Crippen LogP contribution in [0.4, 0.5) is 8.78 Å². The number of hydrogen-bond acceptors (Lipinski definition) is 4. The molecule has 1 aromatic rings. The number of halogens is 2. The Kier molecular flexibility index (Phi) is 7.09. The minimum absolute atomic E-state index is 0.0127. The molecule has 2 amide bonds. The van der Waals surface area contributed by atoms with Gasteiger partial charge < -0.3 is 20.1 Å². The van der Waals surface area contributed by atoms with Crippen LogP contribution in [0, 0.1) is 0 Å². The fraction of sp³-hybridized carbons (Fsp3) is 0.400. The Balaban J connectivity index is 2.89. The number of carboxylic acid groups (broad SMARTS) is 1. The Morgan fingerprint density at radius 3 is 2.29 bits per heavy atom. The van der Waals surface area contributed by atoms with Gasteiger partial charge in [-0.3, -0.25) is 9.59 Å². The van der Waals surface area contributed by atoms with Crippen LogP contribution in [0.1, 0.15) is 24.2 Å². The molecule has 7 nitrogen and oxygen atoms in total. The van der Waals surface area contributed by atoms with Crippen molar-refractivity contribution in [3.63, 3.8) is 0 Å². The average molecular weight is 344 g/mol. The van der Waals surface area contributed by atoms with Gasteiger partial charge in [-0.25, -0.2) is 4.79 Å². The zero-order chi connectivity index (χ0) is 18.3. The van der Waals surface area contributed by atoms with Gasteiger partial charge in [0.1, 0.15) is 11.8 Å². The highest BCUT2D eigenvalue weighted by atomic mass is 19.3. The molecule has 0 saturated heterocycles. The van der Waals surface area contributed by atoms with Crippen molar-refractivity contribution >= 4 is 17.8 Å². The second-order valence-electron chi connectivity index (χ2n) is 4.90. The van der Waals surface area contributed by atoms with Crippen molar-refractivity contribution in [2.24, 2.45) is 0 Å². The van der Waals surface area contributed by atoms with Gasteiger partial charge in [-0.15, -0.1) is 0 Å². The lowest BCUT2D eigenvalue weighted by Crippen LogP contribution is -2.46. The molecule has 1 atom stereocenters. The smallest absolute Gasteiger partial charge is 0.387 e. The summed E-state index contributed by atoms with van der Waals surface area (Å²) in [5, 5.41) is 11.6. The molecule has 0 radical (unpaired) electrons. The second kappa shape index (κ2) is 8.80. The van der Waals surface area contributed by atoms with Crippen LogP contribution < -0.4 is 10.1 Å². The first-order chi connectivity index (χ1) is 11.2. The van der Waals surface area contributed by atoms with Crippen molar-refractivity contribution in [2.75, 3.05) is 13.1 Å². The molecule has 24 heavy (non-hydrogen) atoms. The summed E-state index contributed by atoms with van der Waals surface area (Å²) < 4.78 is 28.4. The Morgan fingerprint density at radius 1 is 1.25 bits per heavy atom. The highest BCUT2D eigenvalue weighted by Gasteiger charge is 2.26. The number of rotatable bonds is 8. The SMILES string of the molecule is CC(=O)NCCN(C(=O)c1ccc(OC(F)F)cc1)C(C)C(=O)O. The van der Waals surface area contributed by atoms with Crippen LogP contribution in [0.5, 0.6) is 5.75 Å². The predicted octanol–water partition coefficient (Wildman–Crippen LogP) is 1.34. The Labute approximate surface area is 137 Å². The highest BCUT2D eigenvalue weighted by molar-refractivity contribution is 5.96. The number of benzene rings is 1. The van der Waals surface area contributed by atoms with E-state index in [0.717, 1.165) is 4.90 Å². The molecular weight excluding hydrogens is 326 g/mol. The molecule has 1 unspecified atom stereocenters. The predicted molar refractivity (Wildman–Crippen MR) is 79.9 cm³/mol. The minimum Gasteiger partial charge on any atom is -0.480 e. The molecule has 9 heteroatoms. The van der Waals surface area contributed by atoms with Gasteiger partial charge in [-0.2, -0.15) is 8.78 Å². The third-order valence-corrected chi connectivity index (χ3v) is 3.14. The number of ether oxygens (including phenoxy) is 1. The van der Waals surface area contributed by atoms with E-state index in [4.69, 9.17) is 5.11 Å². The van der Waals surface area contributed by atoms with Crippen molar-refractivity contribution in [3.05, 3.63) is 29.8 Å². The molecule has 0 heterocycles. The average Bonchev–Trinajstić information content (AvgIpc) is 2.50. The third-order valence-electron chi connectivity index (χ3n) is 3.14. The number of nitrogens with zero attached hydrogens (tertiary/aromatic N) is 1. The largest absolute Gasteiger partial charge is 0.480 e. The normalized spacial score (nSPS) is 11.7. The summed E-state index contributed by atoms with van der Waals surface area (Å²) in [5.74, 6) is -2.22. The number of carbonyl (C=O) groups is 3. The molecule has 0 bridgehead atoms. The van der Waals surface area contributed by atoms with Crippen LogP contribution in [0.15, 0.2) is 24.3 Å². The molecule has 0 saturated carbocycles. The van der Waals surface area contributed by atoms with E-state index in [0.29, 0.717) is 0 Å². The first-order valence-electron chi connectivity index (χ1n) is 7.05. The molecule has 0 aromatic heterocycles. The zero-order valence-electron chi connectivity index (χ0n) is 13.2. The molecule has 0 aliphatic rings. The van der Waals surface area contributed by atoms with E-state index in [1.54, 1.807) is 0 Å². The Morgan fingerprint density at radius 2 is 1.83 bits per heavy atom. The van der Waals surface area contributed by atoms with Crippen LogP contribution in [-0.4, -0.2) is 53.5 Å². The van der Waals surface area contributed by atoms with Crippen LogP contribution in [-0.2, 0) is 9.59 Å². The summed E-state index contributed by atoms with van der Waals surface area (Å²) in [7, 11) is 0. The lowest BCUT2D eigenvalue weighted by molar-refractivity contribution is -0.141. The fourth-order valence-corrected chi connectivity index (χ4v) is 1.90. The third kappa shape index (κ3) is 5.82. The lowest BCUT2D eigenvalue weighted by Gasteiger charge is -2.26. The summed E-state index contributed by atoms with van der Waals surface area (Å²) in [5.41, 5.74) is 0.118. The van der Waals surface area contributed by atoms with E-state index in [1.165, 1.54) is 38.1 Å². The minimum atomic E-state index is -2.98. The summed E-state index contributed by atoms with van der Waals surface area (Å²) >= 11 is 0. The number of carboxylic acids is 1. The van der Waals surface area contributed by atoms with E-state index in [2.05, 4.69) is 10.1 Å². The van der Waals surface area contributed by atoms with Gasteiger partial charge in [0.05, 0.1) is 0 Å². The number of hydrogen-bond donors (Lipinski definition) is 2. The van der Waals surface area contributed by atoms with Crippen LogP contribution >= 0.6 is 0 Å². The van der Waals surface area contributed by atoms with Crippen molar-refractivity contribution in [2.45, 2.75) is 26.5 Å². The van der Waals surface area contributed by atoms with E-state index in [1.807, 2.05) is 0 Å². The highest BCUT2D eigenvalue weighted by Crippen LogP contribution is 2.17. The van der Waals surface area contributed by atoms with Gasteiger partial charge in [-0.05, 0) is 31.2 Å². The van der Waals surface area contributed by atoms with Crippen LogP contribution in [0.25, 0.3) is 0 Å². The standard InChI is InChI=1S/C15H18F2N2O5/c1-9(14(22)23)19(8-7-18-10(2)20)13(21)11-3-5-12(6-4-11)24-15(16)17/h3-6,9,15H,7-8H2,1-2H3,(H,18,20)(H,22,23). The second-order valence-corrected chi connectivity index (χ2v) is 4.90. The van der Waals surface area contributed by atoms with Gasteiger partial charge in [-0.1, -0.05) is 0 Å². The van der Waals surface area contributed by atoms with Crippen LogP contribution in [0.3, 0.4) is 0 Å². The lowest BCUT2D eigenvalue weighted by atomic mass is 10.1. The van der Waals surface area contributed by atoms with Gasteiger partial charge in [0, 0.05) is 25.6 Å². The maximum Gasteiger partial charge on any atom is 0.387 e. The molecule has 1 rings (SSSR count). The summed E-state index contributed by atoms with van der Waals surface area (Å²) in [4.78, 5) is 35.6. The first kappa shape index (κ1) is 19.3. The number of alkyl halides is 2. The Bertz CT molecular complexity index is 592. The molecule has 0 fully saturated rings. The van der Waals surface area contributed by atoms with Crippen molar-refractivity contribution in [3.8, 4) is 5.75 Å². The van der Waals surface area contributed by atoms with Gasteiger partial charge in [0.2, 0.25) is 5.91 Å². The van der Waals surface area contributed by atoms with Gasteiger partial charge >= 0.3 is 12.6 Å². The van der Waals surface area contributed by atoms with Crippen molar-refractivity contribution < 1.29 is 33.0 Å². The van der Waals surface area contributed by atoms with Crippen molar-refractivity contribution in [1.29, 1.82) is 0 Å². The molecule has 0 aliphatic carbocycles. The molecule has 0 spiro atoms. The number of aliphatic carboxylic acids is 1. The topological polar surface area (TPSA) is 95.9 Å². The van der Waals surface area contributed by atoms with Gasteiger partial charge in [0.15, 0.2) is 0 Å². The van der Waals surface area contributed by atoms with Crippen LogP contribution in [0.2, 0.25) is 0 Å². The Hall–Kier alpha value is -2.71. The van der Waals surface area contributed by atoms with E-state index >= 15 is 0 Å². The van der Waals surface area contributed by atoms with Gasteiger partial charge in [0.25, 0.3) is 5.91 Å². The molecule has 132 valence electrons. The molecule has 1 aromatic carbocycles. The summed E-state index contributed by atoms with van der Waals surface area (Å²) in [6.45, 7) is -0.267. The molecular formula is C15H18F2N2O5. The maximum atomic E-state index is 12.5. The monoisotopic (exact) mass is 344 g/mol. The summed E-state index contributed by atoms with van der Waals surface area (Å²) in [6, 6.07) is 3.79. The summed E-state index contributed by atoms with van der Waals surface area (Å²) in [6.07, 6.45) is 0. The maximum absolute atomic E-state index is 12.5. The quantitative estimate of drug-likeness (QED) is 0.742. The number of amides is 2. The van der Waals surface area contributed by atoms with E-state index in [-0.39, 0.29) is 30.3 Å². The van der Waals surface area contributed by atoms with E-state index < -0.39 is 24.5 Å². The zero-order valence-corrected chi connectivity index (χ0v) is 13.2. The molecule has 0 aliphatic heterocycles. The fourth-order valence-electron chi connectivity index (χ4n) is 1.90. The number of carbonyl (C=O) groups excluding carboxylic acids is 2. The number of nitrogens with one attached hydrogen (secondary N) is 1. The molecule has 2 N–H and O–H groups in total. The van der Waals surface area contributed by atoms with Crippen molar-refractivity contribution in [1.82, 2.24) is 10.2 Å². The van der Waals surface area contributed by atoms with E-state index in [9.17, 15) is 23.2 Å².